The summed E-state index contributed by atoms with van der Waals surface area (Å²) >= 11 is 0. The number of hydrogen-bond donors (Lipinski definition) is 0. The van der Waals surface area contributed by atoms with Gasteiger partial charge >= 0.3 is 0 Å². The zero-order valence-corrected chi connectivity index (χ0v) is 12.2. The molecule has 0 aliphatic heterocycles. The summed E-state index contributed by atoms with van der Waals surface area (Å²) in [5.74, 6) is 0.719. The molecular formula is C11H25NO2Si. The van der Waals surface area contributed by atoms with Crippen molar-refractivity contribution in [1.29, 1.82) is 0 Å². The van der Waals surface area contributed by atoms with Crippen molar-refractivity contribution in [2.75, 3.05) is 27.2 Å². The van der Waals surface area contributed by atoms with Crippen LogP contribution in [-0.4, -0.2) is 40.5 Å². The van der Waals surface area contributed by atoms with E-state index in [0.29, 0.717) is 6.61 Å². The van der Waals surface area contributed by atoms with E-state index in [1.54, 1.807) is 0 Å². The lowest BCUT2D eigenvalue weighted by atomic mass is 10.4. The Morgan fingerprint density at radius 3 is 2.00 bits per heavy atom. The van der Waals surface area contributed by atoms with E-state index >= 15 is 0 Å². The average molecular weight is 231 g/mol. The molecule has 3 nitrogen and oxygen atoms in total. The second kappa shape index (κ2) is 6.18. The molecular weight excluding hydrogens is 206 g/mol. The maximum absolute atomic E-state index is 5.86. The Labute approximate surface area is 95.2 Å². The summed E-state index contributed by atoms with van der Waals surface area (Å²) in [4.78, 5) is 2.09. The summed E-state index contributed by atoms with van der Waals surface area (Å²) in [6.45, 7) is 12.1. The summed E-state index contributed by atoms with van der Waals surface area (Å²) in [5, 5.41) is 0. The first-order chi connectivity index (χ1) is 6.72. The van der Waals surface area contributed by atoms with Crippen molar-refractivity contribution in [2.45, 2.75) is 33.5 Å². The molecule has 0 aromatic carbocycles. The molecule has 0 bridgehead atoms. The topological polar surface area (TPSA) is 21.7 Å². The first-order valence-electron chi connectivity index (χ1n) is 5.36. The van der Waals surface area contributed by atoms with Gasteiger partial charge in [0.2, 0.25) is 8.32 Å². The van der Waals surface area contributed by atoms with Crippen molar-refractivity contribution >= 4 is 8.32 Å². The Morgan fingerprint density at radius 1 is 1.13 bits per heavy atom. The van der Waals surface area contributed by atoms with Crippen LogP contribution >= 0.6 is 0 Å². The van der Waals surface area contributed by atoms with Crippen molar-refractivity contribution in [3.05, 3.63) is 11.5 Å². The van der Waals surface area contributed by atoms with Crippen LogP contribution in [0.4, 0.5) is 0 Å². The van der Waals surface area contributed by atoms with Crippen LogP contribution in [0.15, 0.2) is 11.5 Å². The van der Waals surface area contributed by atoms with Crippen molar-refractivity contribution in [2.24, 2.45) is 0 Å². The lowest BCUT2D eigenvalue weighted by Gasteiger charge is -2.23. The zero-order valence-electron chi connectivity index (χ0n) is 11.2. The van der Waals surface area contributed by atoms with Gasteiger partial charge in [0.05, 0.1) is 0 Å². The van der Waals surface area contributed by atoms with E-state index in [1.165, 1.54) is 0 Å². The normalized spacial score (nSPS) is 11.5. The van der Waals surface area contributed by atoms with Crippen LogP contribution in [0.3, 0.4) is 0 Å². The molecule has 0 spiro atoms. The number of hydrogen-bond acceptors (Lipinski definition) is 3. The Hall–Kier alpha value is -0.483. The number of likely N-dealkylation sites (N-methyl/N-ethyl adjacent to an activating group) is 1. The predicted molar refractivity (Wildman–Crippen MR) is 67.3 cm³/mol. The van der Waals surface area contributed by atoms with E-state index in [2.05, 4.69) is 24.5 Å². The maximum Gasteiger partial charge on any atom is 0.263 e. The average Bonchev–Trinajstić information content (AvgIpc) is 1.99. The first-order valence-corrected chi connectivity index (χ1v) is 8.77. The third-order valence-corrected chi connectivity index (χ3v) is 2.38. The van der Waals surface area contributed by atoms with Crippen molar-refractivity contribution in [1.82, 2.24) is 4.90 Å². The molecule has 15 heavy (non-hydrogen) atoms. The zero-order chi connectivity index (χ0) is 12.1. The summed E-state index contributed by atoms with van der Waals surface area (Å²) in [6.07, 6.45) is 0. The van der Waals surface area contributed by atoms with Crippen LogP contribution in [0.25, 0.3) is 0 Å². The fourth-order valence-corrected chi connectivity index (χ4v) is 1.69. The minimum atomic E-state index is -1.56. The van der Waals surface area contributed by atoms with Gasteiger partial charge in [0, 0.05) is 12.1 Å². The number of rotatable bonds is 6. The molecule has 0 amide bonds. The molecule has 0 aliphatic rings. The second-order valence-corrected chi connectivity index (χ2v) is 9.58. The van der Waals surface area contributed by atoms with E-state index in [4.69, 9.17) is 9.16 Å². The molecule has 0 radical (unpaired) electrons. The van der Waals surface area contributed by atoms with E-state index in [-0.39, 0.29) is 0 Å². The highest BCUT2D eigenvalue weighted by Gasteiger charge is 2.19. The molecule has 0 aliphatic carbocycles. The highest BCUT2D eigenvalue weighted by Crippen LogP contribution is 2.15. The number of allylic oxidation sites excluding steroid dienone is 1. The Morgan fingerprint density at radius 2 is 1.67 bits per heavy atom. The van der Waals surface area contributed by atoms with Gasteiger partial charge in [0.25, 0.3) is 5.95 Å². The number of ether oxygens (including phenoxy) is 1. The van der Waals surface area contributed by atoms with Crippen LogP contribution in [0.2, 0.25) is 19.6 Å². The Bertz CT molecular complexity index is 215. The second-order valence-electron chi connectivity index (χ2n) is 5.15. The van der Waals surface area contributed by atoms with E-state index in [9.17, 15) is 0 Å². The monoisotopic (exact) mass is 231 g/mol. The Kier molecular flexibility index (Phi) is 5.98. The maximum atomic E-state index is 5.86. The van der Waals surface area contributed by atoms with Crippen LogP contribution < -0.4 is 0 Å². The van der Waals surface area contributed by atoms with Gasteiger partial charge in [-0.1, -0.05) is 0 Å². The van der Waals surface area contributed by atoms with Crippen molar-refractivity contribution < 1.29 is 9.16 Å². The standard InChI is InChI=1S/C11H25NO2Si/c1-10(2)11(14-15(5,6)7)13-9-8-12(3)4/h8-9H2,1-7H3. The largest absolute Gasteiger partial charge is 0.520 e. The summed E-state index contributed by atoms with van der Waals surface area (Å²) in [7, 11) is 2.51. The summed E-state index contributed by atoms with van der Waals surface area (Å²) in [5.41, 5.74) is 1.11. The van der Waals surface area contributed by atoms with Gasteiger partial charge in [0.15, 0.2) is 0 Å². The molecule has 0 N–H and O–H groups in total. The summed E-state index contributed by atoms with van der Waals surface area (Å²) < 4.78 is 11.5. The molecule has 0 aromatic heterocycles. The fraction of sp³-hybridized carbons (Fsp3) is 0.818. The van der Waals surface area contributed by atoms with Gasteiger partial charge in [0.1, 0.15) is 6.61 Å². The van der Waals surface area contributed by atoms with Gasteiger partial charge in [-0.15, -0.1) is 0 Å². The molecule has 0 atom stereocenters. The lowest BCUT2D eigenvalue weighted by molar-refractivity contribution is 0.0881. The van der Waals surface area contributed by atoms with Gasteiger partial charge < -0.3 is 14.1 Å². The molecule has 0 heterocycles. The molecule has 0 aromatic rings. The third kappa shape index (κ3) is 8.51. The van der Waals surface area contributed by atoms with Crippen LogP contribution in [0.1, 0.15) is 13.8 Å². The van der Waals surface area contributed by atoms with E-state index in [1.807, 2.05) is 27.9 Å². The first kappa shape index (κ1) is 14.5. The lowest BCUT2D eigenvalue weighted by Crippen LogP contribution is -2.27. The molecule has 4 heteroatoms. The van der Waals surface area contributed by atoms with Crippen LogP contribution in [0.5, 0.6) is 0 Å². The minimum Gasteiger partial charge on any atom is -0.520 e. The Balaban J connectivity index is 4.15. The van der Waals surface area contributed by atoms with Gasteiger partial charge in [-0.3, -0.25) is 0 Å². The van der Waals surface area contributed by atoms with Gasteiger partial charge in [-0.25, -0.2) is 0 Å². The SMILES string of the molecule is CC(C)=C(OCCN(C)C)O[Si](C)(C)C. The van der Waals surface area contributed by atoms with Crippen LogP contribution in [-0.2, 0) is 9.16 Å². The molecule has 0 saturated heterocycles. The van der Waals surface area contributed by atoms with E-state index < -0.39 is 8.32 Å². The molecule has 90 valence electrons. The predicted octanol–water partition coefficient (Wildman–Crippen LogP) is 2.67. The summed E-state index contributed by atoms with van der Waals surface area (Å²) in [6, 6.07) is 0. The third-order valence-electron chi connectivity index (χ3n) is 1.58. The highest BCUT2D eigenvalue weighted by atomic mass is 28.4. The smallest absolute Gasteiger partial charge is 0.263 e. The molecule has 0 unspecified atom stereocenters. The molecule has 0 saturated carbocycles. The van der Waals surface area contributed by atoms with Crippen LogP contribution in [0, 0.1) is 0 Å². The molecule has 0 fully saturated rings. The van der Waals surface area contributed by atoms with Crippen molar-refractivity contribution in [3.8, 4) is 0 Å². The van der Waals surface area contributed by atoms with Gasteiger partial charge in [-0.05, 0) is 47.6 Å². The highest BCUT2D eigenvalue weighted by molar-refractivity contribution is 6.70. The molecule has 0 rings (SSSR count). The number of nitrogens with zero attached hydrogens (tertiary/aromatic N) is 1. The van der Waals surface area contributed by atoms with Gasteiger partial charge in [-0.2, -0.15) is 0 Å². The van der Waals surface area contributed by atoms with E-state index in [0.717, 1.165) is 18.1 Å². The minimum absolute atomic E-state index is 0.679. The quantitative estimate of drug-likeness (QED) is 0.518. The fourth-order valence-electron chi connectivity index (χ4n) is 0.875. The van der Waals surface area contributed by atoms with Crippen molar-refractivity contribution in [3.63, 3.8) is 0 Å².